The monoisotopic (exact) mass is 469 g/mol. The normalized spacial score (nSPS) is 14.1. The van der Waals surface area contributed by atoms with Crippen molar-refractivity contribution in [2.24, 2.45) is 0 Å². The molecular formula is C23H24BrN3O3. The summed E-state index contributed by atoms with van der Waals surface area (Å²) in [5.74, 6) is 2.65. The molecule has 30 heavy (non-hydrogen) atoms. The van der Waals surface area contributed by atoms with Crippen molar-refractivity contribution < 1.29 is 13.9 Å². The zero-order valence-corrected chi connectivity index (χ0v) is 18.7. The number of rotatable bonds is 5. The second kappa shape index (κ2) is 8.92. The molecule has 0 N–H and O–H groups in total. The highest BCUT2D eigenvalue weighted by Gasteiger charge is 2.25. The number of anilines is 1. The summed E-state index contributed by atoms with van der Waals surface area (Å²) in [5.41, 5.74) is 2.28. The van der Waals surface area contributed by atoms with Crippen molar-refractivity contribution in [1.82, 2.24) is 9.88 Å². The molecule has 1 fully saturated rings. The molecule has 0 bridgehead atoms. The number of aromatic nitrogens is 1. The molecule has 1 aliphatic rings. The van der Waals surface area contributed by atoms with Crippen LogP contribution in [0.2, 0.25) is 0 Å². The van der Waals surface area contributed by atoms with E-state index in [1.54, 1.807) is 18.3 Å². The molecule has 0 unspecified atom stereocenters. The van der Waals surface area contributed by atoms with Gasteiger partial charge in [-0.15, -0.1) is 0 Å². The smallest absolute Gasteiger partial charge is 0.289 e. The third-order valence-electron chi connectivity index (χ3n) is 5.18. The van der Waals surface area contributed by atoms with Gasteiger partial charge in [-0.05, 0) is 65.7 Å². The fraction of sp³-hybridized carbons (Fsp3) is 0.304. The highest BCUT2D eigenvalue weighted by atomic mass is 79.9. The molecule has 1 saturated heterocycles. The van der Waals surface area contributed by atoms with Gasteiger partial charge < -0.3 is 19.0 Å². The van der Waals surface area contributed by atoms with Gasteiger partial charge in [-0.3, -0.25) is 4.79 Å². The molecule has 7 heteroatoms. The number of halogens is 1. The quantitative estimate of drug-likeness (QED) is 0.546. The van der Waals surface area contributed by atoms with Crippen molar-refractivity contribution in [2.45, 2.75) is 20.5 Å². The first-order chi connectivity index (χ1) is 14.5. The van der Waals surface area contributed by atoms with Gasteiger partial charge in [0.1, 0.15) is 23.9 Å². The fourth-order valence-corrected chi connectivity index (χ4v) is 3.76. The summed E-state index contributed by atoms with van der Waals surface area (Å²) in [7, 11) is 0. The largest absolute Gasteiger partial charge is 0.485 e. The number of benzene rings is 1. The van der Waals surface area contributed by atoms with E-state index in [0.717, 1.165) is 34.7 Å². The van der Waals surface area contributed by atoms with Gasteiger partial charge in [0, 0.05) is 36.8 Å². The molecule has 1 amide bonds. The number of carbonyl (C=O) groups excluding carboxylic acids is 1. The number of pyridine rings is 1. The van der Waals surface area contributed by atoms with Crippen molar-refractivity contribution in [1.29, 1.82) is 0 Å². The maximum Gasteiger partial charge on any atom is 0.289 e. The van der Waals surface area contributed by atoms with E-state index in [1.165, 1.54) is 5.56 Å². The highest BCUT2D eigenvalue weighted by Crippen LogP contribution is 2.22. The molecule has 1 aromatic carbocycles. The van der Waals surface area contributed by atoms with Gasteiger partial charge in [0.2, 0.25) is 0 Å². The van der Waals surface area contributed by atoms with Gasteiger partial charge in [0.05, 0.1) is 0 Å². The number of aryl methyl sites for hydroxylation is 2. The Hall–Kier alpha value is -2.80. The second-order valence-corrected chi connectivity index (χ2v) is 8.35. The Morgan fingerprint density at radius 3 is 2.60 bits per heavy atom. The lowest BCUT2D eigenvalue weighted by molar-refractivity contribution is 0.0710. The summed E-state index contributed by atoms with van der Waals surface area (Å²) in [5, 5.41) is 0. The van der Waals surface area contributed by atoms with E-state index in [2.05, 4.69) is 38.8 Å². The molecule has 0 aliphatic carbocycles. The van der Waals surface area contributed by atoms with Crippen LogP contribution in [0.25, 0.3) is 0 Å². The van der Waals surface area contributed by atoms with Crippen LogP contribution >= 0.6 is 15.9 Å². The third kappa shape index (κ3) is 4.67. The Balaban J connectivity index is 1.32. The van der Waals surface area contributed by atoms with E-state index in [1.807, 2.05) is 36.1 Å². The zero-order chi connectivity index (χ0) is 21.1. The third-order valence-corrected chi connectivity index (χ3v) is 5.64. The van der Waals surface area contributed by atoms with E-state index in [0.29, 0.717) is 31.2 Å². The molecule has 0 spiro atoms. The van der Waals surface area contributed by atoms with Crippen molar-refractivity contribution >= 4 is 27.7 Å². The van der Waals surface area contributed by atoms with Gasteiger partial charge >= 0.3 is 0 Å². The van der Waals surface area contributed by atoms with E-state index < -0.39 is 0 Å². The van der Waals surface area contributed by atoms with Crippen LogP contribution < -0.4 is 9.64 Å². The first kappa shape index (κ1) is 20.5. The average molecular weight is 470 g/mol. The number of ether oxygens (including phenoxy) is 1. The van der Waals surface area contributed by atoms with Crippen LogP contribution in [-0.4, -0.2) is 42.0 Å². The van der Waals surface area contributed by atoms with Gasteiger partial charge in [0.15, 0.2) is 5.76 Å². The fourth-order valence-electron chi connectivity index (χ4n) is 3.53. The maximum absolute atomic E-state index is 12.8. The minimum absolute atomic E-state index is 0.0869. The summed E-state index contributed by atoms with van der Waals surface area (Å²) < 4.78 is 12.6. The summed E-state index contributed by atoms with van der Waals surface area (Å²) in [4.78, 5) is 21.3. The summed E-state index contributed by atoms with van der Waals surface area (Å²) in [6.45, 7) is 7.10. The van der Waals surface area contributed by atoms with Gasteiger partial charge in [-0.25, -0.2) is 4.98 Å². The van der Waals surface area contributed by atoms with E-state index >= 15 is 0 Å². The van der Waals surface area contributed by atoms with Crippen molar-refractivity contribution in [2.75, 3.05) is 31.1 Å². The van der Waals surface area contributed by atoms with E-state index in [-0.39, 0.29) is 5.91 Å². The Bertz CT molecular complexity index is 1020. The summed E-state index contributed by atoms with van der Waals surface area (Å²) in [6.07, 6.45) is 1.79. The lowest BCUT2D eigenvalue weighted by atomic mass is 10.1. The van der Waals surface area contributed by atoms with Crippen molar-refractivity contribution in [3.63, 3.8) is 0 Å². The number of nitrogens with zero attached hydrogens (tertiary/aromatic N) is 3. The molecule has 0 atom stereocenters. The Labute approximate surface area is 184 Å². The predicted molar refractivity (Wildman–Crippen MR) is 119 cm³/mol. The van der Waals surface area contributed by atoms with E-state index in [9.17, 15) is 4.79 Å². The standard InChI is InChI=1S/C23H24BrN3O3/c1-16-3-6-20(17(2)13-16)29-15-19-5-7-21(30-19)23(28)27-11-9-26(10-12-27)22-8-4-18(24)14-25-22/h3-8,13-14H,9-12,15H2,1-2H3. The SMILES string of the molecule is Cc1ccc(OCc2ccc(C(=O)N3CCN(c4ccc(Br)cn4)CC3)o2)c(C)c1. The molecule has 0 radical (unpaired) electrons. The average Bonchev–Trinajstić information content (AvgIpc) is 3.22. The first-order valence-corrected chi connectivity index (χ1v) is 10.7. The Morgan fingerprint density at radius 1 is 1.10 bits per heavy atom. The van der Waals surface area contributed by atoms with E-state index in [4.69, 9.17) is 9.15 Å². The molecule has 4 rings (SSSR count). The molecule has 3 aromatic rings. The number of amides is 1. The van der Waals surface area contributed by atoms with Crippen molar-refractivity contribution in [3.05, 3.63) is 75.8 Å². The van der Waals surface area contributed by atoms with Crippen LogP contribution in [0.4, 0.5) is 5.82 Å². The van der Waals surface area contributed by atoms with Crippen LogP contribution in [0.5, 0.6) is 5.75 Å². The van der Waals surface area contributed by atoms with Crippen LogP contribution in [0, 0.1) is 13.8 Å². The number of furan rings is 1. The van der Waals surface area contributed by atoms with Gasteiger partial charge in [-0.1, -0.05) is 17.7 Å². The summed E-state index contributed by atoms with van der Waals surface area (Å²) >= 11 is 3.40. The molecule has 2 aromatic heterocycles. The lowest BCUT2D eigenvalue weighted by Gasteiger charge is -2.35. The molecule has 3 heterocycles. The lowest BCUT2D eigenvalue weighted by Crippen LogP contribution is -2.49. The molecule has 1 aliphatic heterocycles. The Kier molecular flexibility index (Phi) is 6.08. The van der Waals surface area contributed by atoms with Crippen LogP contribution in [0.3, 0.4) is 0 Å². The zero-order valence-electron chi connectivity index (χ0n) is 17.1. The minimum Gasteiger partial charge on any atom is -0.485 e. The van der Waals surface area contributed by atoms with Crippen LogP contribution in [-0.2, 0) is 6.61 Å². The molecule has 6 nitrogen and oxygen atoms in total. The van der Waals surface area contributed by atoms with Gasteiger partial charge in [-0.2, -0.15) is 0 Å². The Morgan fingerprint density at radius 2 is 1.90 bits per heavy atom. The predicted octanol–water partition coefficient (Wildman–Crippen LogP) is 4.60. The van der Waals surface area contributed by atoms with Crippen molar-refractivity contribution in [3.8, 4) is 5.75 Å². The summed E-state index contributed by atoms with van der Waals surface area (Å²) in [6, 6.07) is 13.5. The van der Waals surface area contributed by atoms with Crippen LogP contribution in [0.1, 0.15) is 27.4 Å². The number of hydrogen-bond donors (Lipinski definition) is 0. The first-order valence-electron chi connectivity index (χ1n) is 9.94. The van der Waals surface area contributed by atoms with Gasteiger partial charge in [0.25, 0.3) is 5.91 Å². The number of hydrogen-bond acceptors (Lipinski definition) is 5. The molecule has 156 valence electrons. The maximum atomic E-state index is 12.8. The highest BCUT2D eigenvalue weighted by molar-refractivity contribution is 9.10. The number of carbonyl (C=O) groups is 1. The minimum atomic E-state index is -0.0869. The number of piperazine rings is 1. The molecule has 0 saturated carbocycles. The van der Waals surface area contributed by atoms with Crippen LogP contribution in [0.15, 0.2) is 57.6 Å². The second-order valence-electron chi connectivity index (χ2n) is 7.44. The topological polar surface area (TPSA) is 58.8 Å². The molecular weight excluding hydrogens is 446 g/mol.